The molecular formula is C11H7NaO4. The summed E-state index contributed by atoms with van der Waals surface area (Å²) < 4.78 is 4.86. The van der Waals surface area contributed by atoms with Gasteiger partial charge in [-0.25, -0.2) is 4.79 Å². The summed E-state index contributed by atoms with van der Waals surface area (Å²) in [5, 5.41) is 11.5. The van der Waals surface area contributed by atoms with E-state index in [0.717, 1.165) is 0 Å². The minimum absolute atomic E-state index is 0. The fourth-order valence-electron chi connectivity index (χ4n) is 1.44. The van der Waals surface area contributed by atoms with Crippen molar-refractivity contribution in [2.45, 2.75) is 6.92 Å². The molecule has 5 heteroatoms. The average molecular weight is 226 g/mol. The Bertz CT molecular complexity index is 600. The zero-order valence-corrected chi connectivity index (χ0v) is 10.9. The first-order chi connectivity index (χ1) is 7.08. The number of aryl methyl sites for hydroxylation is 1. The summed E-state index contributed by atoms with van der Waals surface area (Å²) in [5.74, 6) is -0.814. The minimum Gasteiger partial charge on any atom is -0.545 e. The van der Waals surface area contributed by atoms with Crippen LogP contribution in [-0.2, 0) is 0 Å². The van der Waals surface area contributed by atoms with Crippen molar-refractivity contribution in [2.75, 3.05) is 0 Å². The van der Waals surface area contributed by atoms with Crippen LogP contribution in [0.2, 0.25) is 0 Å². The predicted molar refractivity (Wildman–Crippen MR) is 51.6 cm³/mol. The van der Waals surface area contributed by atoms with Crippen molar-refractivity contribution in [2.24, 2.45) is 0 Å². The second kappa shape index (κ2) is 4.82. The van der Waals surface area contributed by atoms with Gasteiger partial charge in [0.25, 0.3) is 0 Å². The smallest absolute Gasteiger partial charge is 0.545 e. The fourth-order valence-corrected chi connectivity index (χ4v) is 1.44. The van der Waals surface area contributed by atoms with Gasteiger partial charge in [0, 0.05) is 0 Å². The number of fused-ring (bicyclic) bond motifs is 1. The standard InChI is InChI=1S/C11H8O4.Na/c1-6-4-7-2-3-8(10(12)13)5-9(7)11(14)15-6;/h2-5H,1H3,(H,12,13);/q;+1/p-1. The number of rotatable bonds is 1. The van der Waals surface area contributed by atoms with Gasteiger partial charge in [-0.15, -0.1) is 0 Å². The number of aromatic carboxylic acids is 1. The Hall–Kier alpha value is -1.10. The average Bonchev–Trinajstić information content (AvgIpc) is 2.16. The van der Waals surface area contributed by atoms with Gasteiger partial charge < -0.3 is 14.3 Å². The largest absolute Gasteiger partial charge is 1.00 e. The molecule has 1 aromatic carbocycles. The molecule has 0 spiro atoms. The second-order valence-corrected chi connectivity index (χ2v) is 3.23. The molecule has 0 saturated carbocycles. The van der Waals surface area contributed by atoms with E-state index in [1.807, 2.05) is 0 Å². The van der Waals surface area contributed by atoms with E-state index in [2.05, 4.69) is 0 Å². The van der Waals surface area contributed by atoms with Crippen LogP contribution < -0.4 is 40.3 Å². The van der Waals surface area contributed by atoms with Crippen molar-refractivity contribution in [1.82, 2.24) is 0 Å². The van der Waals surface area contributed by atoms with Crippen molar-refractivity contribution in [3.05, 3.63) is 46.0 Å². The third kappa shape index (κ3) is 2.35. The zero-order valence-electron chi connectivity index (χ0n) is 8.94. The molecule has 0 N–H and O–H groups in total. The molecule has 1 aromatic heterocycles. The van der Waals surface area contributed by atoms with Crippen LogP contribution in [0, 0.1) is 6.92 Å². The van der Waals surface area contributed by atoms with Gasteiger partial charge >= 0.3 is 35.2 Å². The fraction of sp³-hybridized carbons (Fsp3) is 0.0909. The SMILES string of the molecule is Cc1cc2ccc(C(=O)[O-])cc2c(=O)o1.[Na+]. The molecule has 0 bridgehead atoms. The first-order valence-electron chi connectivity index (χ1n) is 4.34. The van der Waals surface area contributed by atoms with Crippen LogP contribution in [0.1, 0.15) is 16.1 Å². The Balaban J connectivity index is 0.00000128. The molecule has 16 heavy (non-hydrogen) atoms. The van der Waals surface area contributed by atoms with E-state index < -0.39 is 11.6 Å². The molecule has 0 unspecified atom stereocenters. The maximum Gasteiger partial charge on any atom is 1.00 e. The predicted octanol–water partition coefficient (Wildman–Crippen LogP) is -2.53. The molecule has 2 rings (SSSR count). The summed E-state index contributed by atoms with van der Waals surface area (Å²) in [6.45, 7) is 1.66. The maximum absolute atomic E-state index is 11.4. The Kier molecular flexibility index (Phi) is 3.91. The summed E-state index contributed by atoms with van der Waals surface area (Å²) in [6, 6.07) is 5.90. The molecular weight excluding hydrogens is 219 g/mol. The number of carboxylic acids is 1. The van der Waals surface area contributed by atoms with Crippen molar-refractivity contribution in [3.63, 3.8) is 0 Å². The molecule has 0 aliphatic heterocycles. The Morgan fingerprint density at radius 3 is 2.62 bits per heavy atom. The number of hydrogen-bond donors (Lipinski definition) is 0. The normalized spacial score (nSPS) is 9.81. The Morgan fingerprint density at radius 1 is 1.31 bits per heavy atom. The maximum atomic E-state index is 11.4. The van der Waals surface area contributed by atoms with Gasteiger partial charge in [-0.2, -0.15) is 0 Å². The van der Waals surface area contributed by atoms with Gasteiger partial charge in [0.15, 0.2) is 0 Å². The van der Waals surface area contributed by atoms with Crippen molar-refractivity contribution >= 4 is 16.7 Å². The quantitative estimate of drug-likeness (QED) is 0.503. The molecule has 0 amide bonds. The summed E-state index contributed by atoms with van der Waals surface area (Å²) in [6.07, 6.45) is 0. The molecule has 0 radical (unpaired) electrons. The van der Waals surface area contributed by atoms with Gasteiger partial charge in [0.2, 0.25) is 0 Å². The summed E-state index contributed by atoms with van der Waals surface area (Å²) in [5.41, 5.74) is -0.563. The summed E-state index contributed by atoms with van der Waals surface area (Å²) in [7, 11) is 0. The van der Waals surface area contributed by atoms with E-state index in [1.54, 1.807) is 19.1 Å². The van der Waals surface area contributed by atoms with E-state index in [0.29, 0.717) is 11.1 Å². The van der Waals surface area contributed by atoms with Gasteiger partial charge in [0.1, 0.15) is 5.76 Å². The molecule has 0 aliphatic carbocycles. The zero-order chi connectivity index (χ0) is 11.0. The van der Waals surface area contributed by atoms with Crippen LogP contribution >= 0.6 is 0 Å². The molecule has 0 fully saturated rings. The Morgan fingerprint density at radius 2 is 2.00 bits per heavy atom. The molecule has 4 nitrogen and oxygen atoms in total. The van der Waals surface area contributed by atoms with Crippen LogP contribution in [0.15, 0.2) is 33.5 Å². The number of carbonyl (C=O) groups is 1. The first-order valence-corrected chi connectivity index (χ1v) is 4.34. The van der Waals surface area contributed by atoms with E-state index in [9.17, 15) is 14.7 Å². The third-order valence-corrected chi connectivity index (χ3v) is 2.12. The second-order valence-electron chi connectivity index (χ2n) is 3.23. The van der Waals surface area contributed by atoms with Crippen molar-refractivity contribution < 1.29 is 43.9 Å². The van der Waals surface area contributed by atoms with Crippen LogP contribution in [0.4, 0.5) is 0 Å². The van der Waals surface area contributed by atoms with E-state index in [1.165, 1.54) is 12.1 Å². The van der Waals surface area contributed by atoms with Crippen molar-refractivity contribution in [3.8, 4) is 0 Å². The molecule has 0 aliphatic rings. The van der Waals surface area contributed by atoms with Crippen LogP contribution in [0.25, 0.3) is 10.8 Å². The van der Waals surface area contributed by atoms with E-state index in [-0.39, 0.29) is 40.5 Å². The summed E-state index contributed by atoms with van der Waals surface area (Å²) >= 11 is 0. The van der Waals surface area contributed by atoms with Crippen molar-refractivity contribution in [1.29, 1.82) is 0 Å². The van der Waals surface area contributed by atoms with E-state index in [4.69, 9.17) is 4.42 Å². The van der Waals surface area contributed by atoms with Crippen LogP contribution in [0.3, 0.4) is 0 Å². The van der Waals surface area contributed by atoms with Gasteiger partial charge in [-0.3, -0.25) is 0 Å². The van der Waals surface area contributed by atoms with Gasteiger partial charge in [-0.1, -0.05) is 12.1 Å². The molecule has 0 atom stereocenters. The molecule has 2 aromatic rings. The number of carbonyl (C=O) groups excluding carboxylic acids is 1. The number of hydrogen-bond acceptors (Lipinski definition) is 4. The first kappa shape index (κ1) is 13.0. The monoisotopic (exact) mass is 226 g/mol. The Labute approximate surface area is 113 Å². The number of carboxylic acid groups (broad SMARTS) is 1. The molecule has 76 valence electrons. The van der Waals surface area contributed by atoms with Crippen LogP contribution in [0.5, 0.6) is 0 Å². The number of benzene rings is 1. The van der Waals surface area contributed by atoms with Gasteiger partial charge in [0.05, 0.1) is 11.4 Å². The van der Waals surface area contributed by atoms with E-state index >= 15 is 0 Å². The van der Waals surface area contributed by atoms with Crippen LogP contribution in [-0.4, -0.2) is 5.97 Å². The van der Waals surface area contributed by atoms with Gasteiger partial charge in [-0.05, 0) is 30.0 Å². The minimum atomic E-state index is -1.31. The molecule has 1 heterocycles. The molecule has 0 saturated heterocycles. The third-order valence-electron chi connectivity index (χ3n) is 2.12. The summed E-state index contributed by atoms with van der Waals surface area (Å²) in [4.78, 5) is 22.0. The topological polar surface area (TPSA) is 70.3 Å².